The van der Waals surface area contributed by atoms with Crippen LogP contribution in [0.25, 0.3) is 76.5 Å². The number of hydrogen-bond donors (Lipinski definition) is 0. The molecule has 0 aliphatic carbocycles. The average Bonchev–Trinajstić information content (AvgIpc) is 3.57. The van der Waals surface area contributed by atoms with Crippen molar-refractivity contribution in [3.8, 4) is 22.3 Å². The van der Waals surface area contributed by atoms with E-state index in [1.54, 1.807) is 6.20 Å². The van der Waals surface area contributed by atoms with Gasteiger partial charge in [-0.3, -0.25) is 4.98 Å². The third-order valence-corrected chi connectivity index (χ3v) is 9.91. The lowest BCUT2D eigenvalue weighted by molar-refractivity contribution is 0.672. The van der Waals surface area contributed by atoms with Gasteiger partial charge in [-0.05, 0) is 104 Å². The monoisotopic (exact) mass is 638 g/mol. The topological polar surface area (TPSA) is 29.3 Å². The number of aromatic nitrogens is 1. The number of furan rings is 1. The number of hydrogen-bond acceptors (Lipinski definition) is 3. The third kappa shape index (κ3) is 4.71. The zero-order valence-electron chi connectivity index (χ0n) is 27.1. The van der Waals surface area contributed by atoms with E-state index in [-0.39, 0.29) is 0 Å². The van der Waals surface area contributed by atoms with Gasteiger partial charge >= 0.3 is 0 Å². The first-order valence-corrected chi connectivity index (χ1v) is 16.9. The van der Waals surface area contributed by atoms with Crippen molar-refractivity contribution in [2.75, 3.05) is 4.90 Å². The molecule has 0 unspecified atom stereocenters. The van der Waals surface area contributed by atoms with Crippen molar-refractivity contribution in [2.24, 2.45) is 0 Å². The molecule has 0 amide bonds. The molecule has 10 aromatic rings. The van der Waals surface area contributed by atoms with Crippen molar-refractivity contribution in [2.45, 2.75) is 0 Å². The molecule has 10 rings (SSSR count). The fourth-order valence-electron chi connectivity index (χ4n) is 7.43. The molecule has 0 saturated carbocycles. The number of anilines is 3. The molecule has 3 heteroatoms. The van der Waals surface area contributed by atoms with Gasteiger partial charge in [-0.15, -0.1) is 0 Å². The highest BCUT2D eigenvalue weighted by Gasteiger charge is 2.17. The normalized spacial score (nSPS) is 11.6. The van der Waals surface area contributed by atoms with E-state index in [1.165, 1.54) is 43.8 Å². The van der Waals surface area contributed by atoms with Gasteiger partial charge in [0, 0.05) is 45.6 Å². The second-order valence-corrected chi connectivity index (χ2v) is 12.8. The van der Waals surface area contributed by atoms with Gasteiger partial charge < -0.3 is 9.32 Å². The van der Waals surface area contributed by atoms with Gasteiger partial charge in [0.1, 0.15) is 11.2 Å². The zero-order chi connectivity index (χ0) is 33.0. The number of pyridine rings is 1. The maximum absolute atomic E-state index is 6.47. The molecule has 0 saturated heterocycles. The van der Waals surface area contributed by atoms with Crippen molar-refractivity contribution in [3.63, 3.8) is 0 Å². The Kier molecular flexibility index (Phi) is 6.49. The van der Waals surface area contributed by atoms with Crippen LogP contribution in [0.5, 0.6) is 0 Å². The molecule has 50 heavy (non-hydrogen) atoms. The van der Waals surface area contributed by atoms with Crippen molar-refractivity contribution in [3.05, 3.63) is 182 Å². The van der Waals surface area contributed by atoms with Gasteiger partial charge in [0.2, 0.25) is 0 Å². The fourth-order valence-corrected chi connectivity index (χ4v) is 7.43. The molecule has 0 bridgehead atoms. The van der Waals surface area contributed by atoms with E-state index in [1.807, 2.05) is 12.3 Å². The average molecular weight is 639 g/mol. The maximum atomic E-state index is 6.47. The molecule has 0 radical (unpaired) electrons. The van der Waals surface area contributed by atoms with E-state index in [0.717, 1.165) is 49.8 Å². The molecule has 0 aliphatic rings. The summed E-state index contributed by atoms with van der Waals surface area (Å²) in [6, 6.07) is 61.0. The van der Waals surface area contributed by atoms with E-state index in [2.05, 4.69) is 174 Å². The quantitative estimate of drug-likeness (QED) is 0.188. The van der Waals surface area contributed by atoms with Crippen LogP contribution in [0.15, 0.2) is 187 Å². The Balaban J connectivity index is 1.15. The summed E-state index contributed by atoms with van der Waals surface area (Å²) in [6.45, 7) is 0. The third-order valence-electron chi connectivity index (χ3n) is 9.91. The Hall–Kier alpha value is -6.71. The van der Waals surface area contributed by atoms with Crippen molar-refractivity contribution in [1.82, 2.24) is 4.98 Å². The van der Waals surface area contributed by atoms with E-state index < -0.39 is 0 Å². The van der Waals surface area contributed by atoms with Crippen LogP contribution in [0.1, 0.15) is 0 Å². The minimum atomic E-state index is 0.844. The predicted molar refractivity (Wildman–Crippen MR) is 210 cm³/mol. The van der Waals surface area contributed by atoms with Gasteiger partial charge in [0.05, 0.1) is 0 Å². The van der Waals surface area contributed by atoms with Gasteiger partial charge in [-0.25, -0.2) is 0 Å². The maximum Gasteiger partial charge on any atom is 0.143 e. The number of rotatable bonds is 5. The molecule has 0 atom stereocenters. The Morgan fingerprint density at radius 1 is 0.400 bits per heavy atom. The first-order chi connectivity index (χ1) is 24.8. The molecule has 0 fully saturated rings. The summed E-state index contributed by atoms with van der Waals surface area (Å²) in [6.07, 6.45) is 3.67. The van der Waals surface area contributed by atoms with Crippen LogP contribution in [0, 0.1) is 0 Å². The van der Waals surface area contributed by atoms with Crippen molar-refractivity contribution in [1.29, 1.82) is 0 Å². The highest BCUT2D eigenvalue weighted by atomic mass is 16.3. The minimum Gasteiger partial charge on any atom is -0.455 e. The molecule has 234 valence electrons. The Bertz CT molecular complexity index is 2880. The Morgan fingerprint density at radius 3 is 2.00 bits per heavy atom. The lowest BCUT2D eigenvalue weighted by atomic mass is 9.97. The number of benzene rings is 8. The summed E-state index contributed by atoms with van der Waals surface area (Å²) in [5.41, 5.74) is 9.70. The Labute approximate surface area is 289 Å². The molecule has 2 aromatic heterocycles. The molecular weight excluding hydrogens is 609 g/mol. The summed E-state index contributed by atoms with van der Waals surface area (Å²) >= 11 is 0. The highest BCUT2D eigenvalue weighted by molar-refractivity contribution is 6.15. The van der Waals surface area contributed by atoms with Crippen LogP contribution in [-0.2, 0) is 0 Å². The Morgan fingerprint density at radius 2 is 1.08 bits per heavy atom. The second-order valence-electron chi connectivity index (χ2n) is 12.8. The van der Waals surface area contributed by atoms with E-state index in [9.17, 15) is 0 Å². The van der Waals surface area contributed by atoms with Crippen LogP contribution >= 0.6 is 0 Å². The number of nitrogens with zero attached hydrogens (tertiary/aromatic N) is 2. The smallest absolute Gasteiger partial charge is 0.143 e. The summed E-state index contributed by atoms with van der Waals surface area (Å²) < 4.78 is 6.47. The minimum absolute atomic E-state index is 0.844. The molecule has 3 nitrogen and oxygen atoms in total. The van der Waals surface area contributed by atoms with Crippen LogP contribution in [0.3, 0.4) is 0 Å². The molecule has 2 heterocycles. The summed E-state index contributed by atoms with van der Waals surface area (Å²) in [5.74, 6) is 0. The second kappa shape index (κ2) is 11.5. The SMILES string of the molecule is c1cc(-c2ccc3ccccc3c2)cc(N(c2ccc(-c3cccc4ccccc34)cc2)c2ccc3ccc4c5cnccc5oc4c3c2)c1. The largest absolute Gasteiger partial charge is 0.455 e. The van der Waals surface area contributed by atoms with Crippen LogP contribution in [0.2, 0.25) is 0 Å². The van der Waals surface area contributed by atoms with Crippen molar-refractivity contribution >= 4 is 71.3 Å². The zero-order valence-corrected chi connectivity index (χ0v) is 27.1. The van der Waals surface area contributed by atoms with Gasteiger partial charge in [-0.1, -0.05) is 115 Å². The first-order valence-electron chi connectivity index (χ1n) is 16.9. The van der Waals surface area contributed by atoms with Crippen LogP contribution in [-0.4, -0.2) is 4.98 Å². The van der Waals surface area contributed by atoms with Crippen molar-refractivity contribution < 1.29 is 4.42 Å². The molecule has 0 spiro atoms. The fraction of sp³-hybridized carbons (Fsp3) is 0. The van der Waals surface area contributed by atoms with Gasteiger partial charge in [-0.2, -0.15) is 0 Å². The molecule has 0 N–H and O–H groups in total. The first kappa shape index (κ1) is 28.3. The summed E-state index contributed by atoms with van der Waals surface area (Å²) in [5, 5.41) is 9.26. The lowest BCUT2D eigenvalue weighted by Crippen LogP contribution is -2.10. The lowest BCUT2D eigenvalue weighted by Gasteiger charge is -2.26. The summed E-state index contributed by atoms with van der Waals surface area (Å²) in [7, 11) is 0. The molecular formula is C47H30N2O. The summed E-state index contributed by atoms with van der Waals surface area (Å²) in [4.78, 5) is 6.71. The van der Waals surface area contributed by atoms with Gasteiger partial charge in [0.25, 0.3) is 0 Å². The predicted octanol–water partition coefficient (Wildman–Crippen LogP) is 13.2. The number of fused-ring (bicyclic) bond motifs is 7. The van der Waals surface area contributed by atoms with E-state index >= 15 is 0 Å². The molecule has 8 aromatic carbocycles. The van der Waals surface area contributed by atoms with Gasteiger partial charge in [0.15, 0.2) is 0 Å². The van der Waals surface area contributed by atoms with E-state index in [4.69, 9.17) is 4.42 Å². The standard InChI is InChI=1S/C47H30N2O/c1-2-9-35-27-37(16-15-31(35)7-1)36-11-5-12-39(28-36)49(38-21-17-33(18-22-38)42-14-6-10-32-8-3-4-13-41(32)42)40-23-19-34-20-24-43-45-30-48-26-25-46(45)50-47(43)44(34)29-40/h1-30H. The van der Waals surface area contributed by atoms with E-state index in [0.29, 0.717) is 0 Å². The van der Waals surface area contributed by atoms with Crippen LogP contribution in [0.4, 0.5) is 17.1 Å². The highest BCUT2D eigenvalue weighted by Crippen LogP contribution is 2.41. The van der Waals surface area contributed by atoms with Crippen LogP contribution < -0.4 is 4.90 Å². The molecule has 0 aliphatic heterocycles.